The van der Waals surface area contributed by atoms with E-state index in [0.717, 1.165) is 19.6 Å². The van der Waals surface area contributed by atoms with Crippen LogP contribution in [-0.4, -0.2) is 50.2 Å². The van der Waals surface area contributed by atoms with Gasteiger partial charge in [-0.2, -0.15) is 0 Å². The van der Waals surface area contributed by atoms with Gasteiger partial charge in [-0.15, -0.1) is 6.58 Å². The number of ether oxygens (including phenoxy) is 1. The molecule has 0 aromatic carbocycles. The fourth-order valence-corrected chi connectivity index (χ4v) is 1.85. The van der Waals surface area contributed by atoms with Crippen molar-refractivity contribution in [2.45, 2.75) is 25.4 Å². The lowest BCUT2D eigenvalue weighted by Crippen LogP contribution is -2.40. The minimum Gasteiger partial charge on any atom is -0.377 e. The van der Waals surface area contributed by atoms with Gasteiger partial charge in [0.05, 0.1) is 12.6 Å². The number of hydrogen-bond acceptors (Lipinski definition) is 3. The Balaban J connectivity index is 2.15. The molecule has 1 N–H and O–H groups in total. The SMILES string of the molecule is C=CCNC(=O)CN(C)CC1CCCCO1. The summed E-state index contributed by atoms with van der Waals surface area (Å²) in [6.07, 6.45) is 5.49. The number of nitrogens with one attached hydrogen (secondary N) is 1. The van der Waals surface area contributed by atoms with Gasteiger partial charge >= 0.3 is 0 Å². The van der Waals surface area contributed by atoms with Gasteiger partial charge in [0, 0.05) is 19.7 Å². The van der Waals surface area contributed by atoms with E-state index in [4.69, 9.17) is 4.74 Å². The van der Waals surface area contributed by atoms with Crippen LogP contribution in [0.4, 0.5) is 0 Å². The number of amides is 1. The van der Waals surface area contributed by atoms with Crippen LogP contribution in [0.2, 0.25) is 0 Å². The third kappa shape index (κ3) is 5.28. The molecule has 0 aromatic heterocycles. The van der Waals surface area contributed by atoms with E-state index in [2.05, 4.69) is 11.9 Å². The van der Waals surface area contributed by atoms with Crippen molar-refractivity contribution < 1.29 is 9.53 Å². The Bertz CT molecular complexity index is 225. The van der Waals surface area contributed by atoms with Crippen molar-refractivity contribution in [3.63, 3.8) is 0 Å². The zero-order valence-corrected chi connectivity index (χ0v) is 10.1. The van der Waals surface area contributed by atoms with Crippen molar-refractivity contribution in [1.29, 1.82) is 0 Å². The highest BCUT2D eigenvalue weighted by Crippen LogP contribution is 2.13. The Morgan fingerprint density at radius 1 is 1.62 bits per heavy atom. The van der Waals surface area contributed by atoms with Gasteiger partial charge in [-0.05, 0) is 26.3 Å². The van der Waals surface area contributed by atoms with E-state index in [1.54, 1.807) is 6.08 Å². The molecule has 0 bridgehead atoms. The van der Waals surface area contributed by atoms with E-state index in [-0.39, 0.29) is 5.91 Å². The molecule has 1 atom stereocenters. The number of rotatable bonds is 6. The summed E-state index contributed by atoms with van der Waals surface area (Å²) in [7, 11) is 1.95. The molecule has 0 radical (unpaired) electrons. The summed E-state index contributed by atoms with van der Waals surface area (Å²) >= 11 is 0. The lowest BCUT2D eigenvalue weighted by molar-refractivity contribution is -0.122. The van der Waals surface area contributed by atoms with Crippen LogP contribution in [0.5, 0.6) is 0 Å². The van der Waals surface area contributed by atoms with E-state index < -0.39 is 0 Å². The van der Waals surface area contributed by atoms with E-state index in [1.807, 2.05) is 11.9 Å². The summed E-state index contributed by atoms with van der Waals surface area (Å²) in [6, 6.07) is 0. The highest BCUT2D eigenvalue weighted by atomic mass is 16.5. The first kappa shape index (κ1) is 13.2. The minimum atomic E-state index is 0.0400. The Hall–Kier alpha value is -0.870. The Morgan fingerprint density at radius 3 is 3.06 bits per heavy atom. The monoisotopic (exact) mass is 226 g/mol. The molecule has 1 amide bonds. The predicted molar refractivity (Wildman–Crippen MR) is 64.3 cm³/mol. The molecular weight excluding hydrogens is 204 g/mol. The number of carbonyl (C=O) groups is 1. The maximum Gasteiger partial charge on any atom is 0.234 e. The van der Waals surface area contributed by atoms with E-state index in [1.165, 1.54) is 12.8 Å². The smallest absolute Gasteiger partial charge is 0.234 e. The molecule has 16 heavy (non-hydrogen) atoms. The molecule has 1 unspecified atom stereocenters. The van der Waals surface area contributed by atoms with Crippen LogP contribution in [0.15, 0.2) is 12.7 Å². The van der Waals surface area contributed by atoms with Crippen LogP contribution in [0.25, 0.3) is 0 Å². The Kier molecular flexibility index (Phi) is 6.11. The van der Waals surface area contributed by atoms with E-state index in [0.29, 0.717) is 19.2 Å². The van der Waals surface area contributed by atoms with E-state index in [9.17, 15) is 4.79 Å². The largest absolute Gasteiger partial charge is 0.377 e. The molecule has 1 rings (SSSR count). The Morgan fingerprint density at radius 2 is 2.44 bits per heavy atom. The van der Waals surface area contributed by atoms with Crippen molar-refractivity contribution in [3.8, 4) is 0 Å². The van der Waals surface area contributed by atoms with Gasteiger partial charge in [-0.1, -0.05) is 6.08 Å². The van der Waals surface area contributed by atoms with Crippen molar-refractivity contribution in [2.75, 3.05) is 33.3 Å². The van der Waals surface area contributed by atoms with Gasteiger partial charge in [0.25, 0.3) is 0 Å². The van der Waals surface area contributed by atoms with Crippen LogP contribution in [-0.2, 0) is 9.53 Å². The first-order valence-corrected chi connectivity index (χ1v) is 5.90. The number of likely N-dealkylation sites (N-methyl/N-ethyl adjacent to an activating group) is 1. The highest BCUT2D eigenvalue weighted by Gasteiger charge is 2.16. The summed E-state index contributed by atoms with van der Waals surface area (Å²) < 4.78 is 5.62. The van der Waals surface area contributed by atoms with Gasteiger partial charge in [0.15, 0.2) is 0 Å². The van der Waals surface area contributed by atoms with Crippen molar-refractivity contribution in [3.05, 3.63) is 12.7 Å². The molecular formula is C12H22N2O2. The van der Waals surface area contributed by atoms with Gasteiger partial charge in [-0.25, -0.2) is 0 Å². The minimum absolute atomic E-state index is 0.0400. The molecule has 1 fully saturated rings. The Labute approximate surface area is 97.6 Å². The average molecular weight is 226 g/mol. The van der Waals surface area contributed by atoms with Gasteiger partial charge in [0.2, 0.25) is 5.91 Å². The second-order valence-corrected chi connectivity index (χ2v) is 4.28. The molecule has 0 aromatic rings. The molecule has 1 saturated heterocycles. The standard InChI is InChI=1S/C12H22N2O2/c1-3-7-13-12(15)10-14(2)9-11-6-4-5-8-16-11/h3,11H,1,4-10H2,2H3,(H,13,15). The second kappa shape index (κ2) is 7.41. The lowest BCUT2D eigenvalue weighted by atomic mass is 10.1. The third-order valence-corrected chi connectivity index (χ3v) is 2.65. The maximum absolute atomic E-state index is 11.4. The fraction of sp³-hybridized carbons (Fsp3) is 0.750. The second-order valence-electron chi connectivity index (χ2n) is 4.28. The van der Waals surface area contributed by atoms with Crippen LogP contribution in [0, 0.1) is 0 Å². The number of hydrogen-bond donors (Lipinski definition) is 1. The first-order valence-electron chi connectivity index (χ1n) is 5.90. The highest BCUT2D eigenvalue weighted by molar-refractivity contribution is 5.78. The van der Waals surface area contributed by atoms with Crippen molar-refractivity contribution >= 4 is 5.91 Å². The predicted octanol–water partition coefficient (Wildman–Crippen LogP) is 0.789. The zero-order chi connectivity index (χ0) is 11.8. The maximum atomic E-state index is 11.4. The number of carbonyl (C=O) groups excluding carboxylic acids is 1. The van der Waals surface area contributed by atoms with Crippen molar-refractivity contribution in [1.82, 2.24) is 10.2 Å². The molecule has 1 heterocycles. The third-order valence-electron chi connectivity index (χ3n) is 2.65. The van der Waals surface area contributed by atoms with Gasteiger partial charge < -0.3 is 10.1 Å². The molecule has 0 spiro atoms. The molecule has 1 aliphatic heterocycles. The summed E-state index contributed by atoms with van der Waals surface area (Å²) in [5.74, 6) is 0.0400. The summed E-state index contributed by atoms with van der Waals surface area (Å²) in [5, 5.41) is 2.76. The summed E-state index contributed by atoms with van der Waals surface area (Å²) in [6.45, 7) is 6.21. The molecule has 0 saturated carbocycles. The van der Waals surface area contributed by atoms with Gasteiger partial charge in [0.1, 0.15) is 0 Å². The topological polar surface area (TPSA) is 41.6 Å². The quantitative estimate of drug-likeness (QED) is 0.681. The average Bonchev–Trinajstić information content (AvgIpc) is 2.27. The van der Waals surface area contributed by atoms with Gasteiger partial charge in [-0.3, -0.25) is 9.69 Å². The van der Waals surface area contributed by atoms with Crippen LogP contribution in [0.3, 0.4) is 0 Å². The molecule has 92 valence electrons. The summed E-state index contributed by atoms with van der Waals surface area (Å²) in [5.41, 5.74) is 0. The fourth-order valence-electron chi connectivity index (χ4n) is 1.85. The van der Waals surface area contributed by atoms with Crippen LogP contribution in [0.1, 0.15) is 19.3 Å². The first-order chi connectivity index (χ1) is 7.72. The summed E-state index contributed by atoms with van der Waals surface area (Å²) in [4.78, 5) is 13.4. The van der Waals surface area contributed by atoms with Crippen molar-refractivity contribution in [2.24, 2.45) is 0 Å². The normalized spacial score (nSPS) is 20.8. The molecule has 0 aliphatic carbocycles. The molecule has 4 nitrogen and oxygen atoms in total. The van der Waals surface area contributed by atoms with E-state index >= 15 is 0 Å². The lowest BCUT2D eigenvalue weighted by Gasteiger charge is -2.26. The van der Waals surface area contributed by atoms with Crippen LogP contribution < -0.4 is 5.32 Å². The van der Waals surface area contributed by atoms with Crippen LogP contribution >= 0.6 is 0 Å². The zero-order valence-electron chi connectivity index (χ0n) is 10.1. The molecule has 4 heteroatoms. The molecule has 1 aliphatic rings. The number of nitrogens with zero attached hydrogens (tertiary/aromatic N) is 1.